The molecule has 0 aliphatic carbocycles. The maximum Gasteiger partial charge on any atom is 0.410 e. The van der Waals surface area contributed by atoms with Gasteiger partial charge in [0.1, 0.15) is 17.2 Å². The standard InChI is InChI=1S/C21H19ClF3N5O3/c1-32-15-5-3-11(7-16(15)33-2)14-8-17(21(23,24)25)30-19(28-14)13(10-27-30)20(31)29-18-6-4-12(22)9-26-18/h3-7,9-10,14,17,28H,8H2,1-2H3,(H,26,29,31)/t14-,17-/m0/s1. The Balaban J connectivity index is 1.69. The van der Waals surface area contributed by atoms with Gasteiger partial charge in [-0.25, -0.2) is 9.67 Å². The summed E-state index contributed by atoms with van der Waals surface area (Å²) in [6, 6.07) is 5.19. The summed E-state index contributed by atoms with van der Waals surface area (Å²) in [5, 5.41) is 9.81. The molecule has 0 saturated heterocycles. The van der Waals surface area contributed by atoms with Gasteiger partial charge in [0.25, 0.3) is 5.91 Å². The number of hydrogen-bond acceptors (Lipinski definition) is 6. The number of hydrogen-bond donors (Lipinski definition) is 2. The minimum absolute atomic E-state index is 0.0465. The van der Waals surface area contributed by atoms with Crippen LogP contribution in [0.2, 0.25) is 5.02 Å². The number of amides is 1. The van der Waals surface area contributed by atoms with E-state index in [2.05, 4.69) is 20.7 Å². The van der Waals surface area contributed by atoms with E-state index in [1.807, 2.05) is 0 Å². The van der Waals surface area contributed by atoms with E-state index in [-0.39, 0.29) is 23.6 Å². The maximum absolute atomic E-state index is 13.9. The maximum atomic E-state index is 13.9. The number of nitrogens with zero attached hydrogens (tertiary/aromatic N) is 3. The molecule has 174 valence electrons. The Bertz CT molecular complexity index is 1170. The molecule has 1 aliphatic heterocycles. The number of rotatable bonds is 5. The first-order chi connectivity index (χ1) is 15.7. The number of carbonyl (C=O) groups is 1. The number of pyridine rings is 1. The van der Waals surface area contributed by atoms with Crippen molar-refractivity contribution >= 4 is 29.1 Å². The number of ether oxygens (including phenoxy) is 2. The van der Waals surface area contributed by atoms with E-state index < -0.39 is 24.2 Å². The fourth-order valence-electron chi connectivity index (χ4n) is 3.65. The van der Waals surface area contributed by atoms with Crippen LogP contribution < -0.4 is 20.1 Å². The fourth-order valence-corrected chi connectivity index (χ4v) is 3.76. The van der Waals surface area contributed by atoms with Gasteiger partial charge in [0, 0.05) is 12.6 Å². The van der Waals surface area contributed by atoms with E-state index in [0.717, 1.165) is 10.9 Å². The summed E-state index contributed by atoms with van der Waals surface area (Å²) in [4.78, 5) is 16.8. The molecular formula is C21H19ClF3N5O3. The Labute approximate surface area is 191 Å². The van der Waals surface area contributed by atoms with Crippen LogP contribution in [-0.4, -0.2) is 41.1 Å². The Morgan fingerprint density at radius 1 is 1.18 bits per heavy atom. The highest BCUT2D eigenvalue weighted by molar-refractivity contribution is 6.30. The molecule has 0 spiro atoms. The van der Waals surface area contributed by atoms with Gasteiger partial charge in [-0.2, -0.15) is 18.3 Å². The van der Waals surface area contributed by atoms with Gasteiger partial charge in [0.05, 0.1) is 31.5 Å². The highest BCUT2D eigenvalue weighted by Gasteiger charge is 2.47. The number of nitrogens with one attached hydrogen (secondary N) is 2. The molecule has 2 aromatic heterocycles. The van der Waals surface area contributed by atoms with Crippen molar-refractivity contribution in [3.05, 3.63) is 58.9 Å². The minimum atomic E-state index is -4.58. The number of fused-ring (bicyclic) bond motifs is 1. The number of aromatic nitrogens is 3. The van der Waals surface area contributed by atoms with E-state index >= 15 is 0 Å². The third-order valence-corrected chi connectivity index (χ3v) is 5.49. The molecular weight excluding hydrogens is 463 g/mol. The predicted octanol–water partition coefficient (Wildman–Crippen LogP) is 4.86. The van der Waals surface area contributed by atoms with Gasteiger partial charge in [0.15, 0.2) is 17.5 Å². The van der Waals surface area contributed by atoms with Crippen molar-refractivity contribution in [2.45, 2.75) is 24.7 Å². The van der Waals surface area contributed by atoms with Gasteiger partial charge < -0.3 is 20.1 Å². The summed E-state index contributed by atoms with van der Waals surface area (Å²) in [6.07, 6.45) is -2.46. The molecule has 1 aromatic carbocycles. The lowest BCUT2D eigenvalue weighted by molar-refractivity contribution is -0.173. The summed E-state index contributed by atoms with van der Waals surface area (Å²) in [5.41, 5.74) is 0.492. The van der Waals surface area contributed by atoms with Crippen LogP contribution in [0.15, 0.2) is 42.7 Å². The van der Waals surface area contributed by atoms with E-state index in [1.54, 1.807) is 18.2 Å². The van der Waals surface area contributed by atoms with Gasteiger partial charge in [-0.1, -0.05) is 17.7 Å². The number of anilines is 2. The van der Waals surface area contributed by atoms with E-state index in [1.165, 1.54) is 32.5 Å². The zero-order valence-electron chi connectivity index (χ0n) is 17.5. The fraction of sp³-hybridized carbons (Fsp3) is 0.286. The van der Waals surface area contributed by atoms with Crippen molar-refractivity contribution < 1.29 is 27.4 Å². The van der Waals surface area contributed by atoms with Gasteiger partial charge in [-0.05, 0) is 29.8 Å². The number of benzene rings is 1. The molecule has 4 rings (SSSR count). The normalized spacial score (nSPS) is 17.6. The molecule has 0 radical (unpaired) electrons. The summed E-state index contributed by atoms with van der Waals surface area (Å²) in [6.45, 7) is 0. The van der Waals surface area contributed by atoms with Gasteiger partial charge in [-0.3, -0.25) is 4.79 Å². The Morgan fingerprint density at radius 2 is 1.94 bits per heavy atom. The molecule has 33 heavy (non-hydrogen) atoms. The molecule has 1 aliphatic rings. The van der Waals surface area contributed by atoms with Crippen LogP contribution in [0.4, 0.5) is 24.8 Å². The van der Waals surface area contributed by atoms with Crippen LogP contribution in [0.25, 0.3) is 0 Å². The molecule has 3 aromatic rings. The Kier molecular flexibility index (Phi) is 6.07. The number of methoxy groups -OCH3 is 2. The first kappa shape index (κ1) is 22.7. The van der Waals surface area contributed by atoms with Gasteiger partial charge >= 0.3 is 6.18 Å². The molecule has 0 bridgehead atoms. The average Bonchev–Trinajstić information content (AvgIpc) is 3.22. The van der Waals surface area contributed by atoms with Crippen LogP contribution >= 0.6 is 11.6 Å². The van der Waals surface area contributed by atoms with E-state index in [9.17, 15) is 18.0 Å². The highest BCUT2D eigenvalue weighted by Crippen LogP contribution is 2.45. The lowest BCUT2D eigenvalue weighted by atomic mass is 9.96. The van der Waals surface area contributed by atoms with E-state index in [4.69, 9.17) is 21.1 Å². The van der Waals surface area contributed by atoms with Crippen molar-refractivity contribution in [2.75, 3.05) is 24.9 Å². The zero-order valence-corrected chi connectivity index (χ0v) is 18.2. The summed E-state index contributed by atoms with van der Waals surface area (Å²) in [7, 11) is 2.91. The molecule has 8 nitrogen and oxygen atoms in total. The van der Waals surface area contributed by atoms with Crippen molar-refractivity contribution in [3.63, 3.8) is 0 Å². The van der Waals surface area contributed by atoms with Crippen LogP contribution in [0.3, 0.4) is 0 Å². The molecule has 0 saturated carbocycles. The van der Waals surface area contributed by atoms with Gasteiger partial charge in [-0.15, -0.1) is 0 Å². The van der Waals surface area contributed by atoms with Crippen LogP contribution in [0.5, 0.6) is 11.5 Å². The largest absolute Gasteiger partial charge is 0.493 e. The summed E-state index contributed by atoms with van der Waals surface area (Å²) in [5.74, 6) is 0.322. The first-order valence-electron chi connectivity index (χ1n) is 9.77. The second kappa shape index (κ2) is 8.81. The lowest BCUT2D eigenvalue weighted by Crippen LogP contribution is -2.36. The molecule has 12 heteroatoms. The van der Waals surface area contributed by atoms with Crippen molar-refractivity contribution in [2.24, 2.45) is 0 Å². The Hall–Kier alpha value is -3.47. The van der Waals surface area contributed by atoms with Crippen LogP contribution in [0.1, 0.15) is 34.4 Å². The van der Waals surface area contributed by atoms with E-state index in [0.29, 0.717) is 22.1 Å². The topological polar surface area (TPSA) is 90.3 Å². The molecule has 2 atom stereocenters. The monoisotopic (exact) mass is 481 g/mol. The Morgan fingerprint density at radius 3 is 2.58 bits per heavy atom. The van der Waals surface area contributed by atoms with Crippen LogP contribution in [-0.2, 0) is 0 Å². The second-order valence-corrected chi connectivity index (χ2v) is 7.71. The van der Waals surface area contributed by atoms with Crippen LogP contribution in [0, 0.1) is 0 Å². The van der Waals surface area contributed by atoms with Crippen molar-refractivity contribution in [1.29, 1.82) is 0 Å². The third kappa shape index (κ3) is 4.54. The average molecular weight is 482 g/mol. The molecule has 0 unspecified atom stereocenters. The lowest BCUT2D eigenvalue weighted by Gasteiger charge is -2.34. The minimum Gasteiger partial charge on any atom is -0.493 e. The number of halogens is 4. The second-order valence-electron chi connectivity index (χ2n) is 7.27. The summed E-state index contributed by atoms with van der Waals surface area (Å²) < 4.78 is 53.0. The highest BCUT2D eigenvalue weighted by atomic mass is 35.5. The molecule has 0 fully saturated rings. The van der Waals surface area contributed by atoms with Crippen molar-refractivity contribution in [3.8, 4) is 11.5 Å². The number of carbonyl (C=O) groups excluding carboxylic acids is 1. The smallest absolute Gasteiger partial charge is 0.410 e. The zero-order chi connectivity index (χ0) is 23.8. The SMILES string of the molecule is COc1ccc([C@@H]2C[C@@H](C(F)(F)F)n3ncc(C(=O)Nc4ccc(Cl)cn4)c3N2)cc1OC. The third-order valence-electron chi connectivity index (χ3n) is 5.26. The molecule has 2 N–H and O–H groups in total. The first-order valence-corrected chi connectivity index (χ1v) is 10.1. The quantitative estimate of drug-likeness (QED) is 0.541. The molecule has 1 amide bonds. The van der Waals surface area contributed by atoms with Gasteiger partial charge in [0.2, 0.25) is 0 Å². The molecule has 3 heterocycles. The van der Waals surface area contributed by atoms with Crippen molar-refractivity contribution in [1.82, 2.24) is 14.8 Å². The predicted molar refractivity (Wildman–Crippen MR) is 115 cm³/mol. The number of alkyl halides is 3. The summed E-state index contributed by atoms with van der Waals surface area (Å²) >= 11 is 5.79.